The summed E-state index contributed by atoms with van der Waals surface area (Å²) < 4.78 is 66.4. The maximum Gasteiger partial charge on any atom is 0.416 e. The highest BCUT2D eigenvalue weighted by Crippen LogP contribution is 2.34. The van der Waals surface area contributed by atoms with Crippen molar-refractivity contribution in [3.05, 3.63) is 65.3 Å². The Morgan fingerprint density at radius 1 is 1.15 bits per heavy atom. The second-order valence-corrected chi connectivity index (χ2v) is 10.0. The summed E-state index contributed by atoms with van der Waals surface area (Å²) in [5, 5.41) is 2.96. The summed E-state index contributed by atoms with van der Waals surface area (Å²) >= 11 is 5.93. The number of hydrogen-bond acceptors (Lipinski definition) is 4. The number of sulfonamides is 1. The Labute approximate surface area is 193 Å². The molecule has 0 radical (unpaired) electrons. The summed E-state index contributed by atoms with van der Waals surface area (Å²) in [6.07, 6.45) is -2.15. The molecule has 1 atom stereocenters. The molecular formula is C22H19ClF3N3O3S. The molecular weight excluding hydrogens is 479 g/mol. The van der Waals surface area contributed by atoms with Crippen molar-refractivity contribution in [2.75, 3.05) is 18.4 Å². The molecule has 1 fully saturated rings. The van der Waals surface area contributed by atoms with Gasteiger partial charge in [0.2, 0.25) is 15.9 Å². The zero-order valence-electron chi connectivity index (χ0n) is 17.1. The van der Waals surface area contributed by atoms with Crippen LogP contribution in [0.1, 0.15) is 18.4 Å². The fourth-order valence-corrected chi connectivity index (χ4v) is 5.74. The van der Waals surface area contributed by atoms with Crippen LogP contribution in [0.5, 0.6) is 0 Å². The summed E-state index contributed by atoms with van der Waals surface area (Å²) in [6, 6.07) is 11.0. The molecule has 11 heteroatoms. The number of benzene rings is 2. The summed E-state index contributed by atoms with van der Waals surface area (Å²) in [5.41, 5.74) is -0.542. The Kier molecular flexibility index (Phi) is 6.35. The molecule has 0 aliphatic carbocycles. The Bertz CT molecular complexity index is 1310. The second kappa shape index (κ2) is 8.92. The number of pyridine rings is 1. The van der Waals surface area contributed by atoms with Gasteiger partial charge in [-0.1, -0.05) is 29.8 Å². The molecule has 6 nitrogen and oxygen atoms in total. The number of carbonyl (C=O) groups excluding carboxylic acids is 1. The topological polar surface area (TPSA) is 79.4 Å². The Balaban J connectivity index is 1.53. The predicted molar refractivity (Wildman–Crippen MR) is 118 cm³/mol. The van der Waals surface area contributed by atoms with Crippen LogP contribution in [0.25, 0.3) is 10.9 Å². The van der Waals surface area contributed by atoms with Crippen LogP contribution in [0.15, 0.2) is 59.6 Å². The van der Waals surface area contributed by atoms with Gasteiger partial charge in [0, 0.05) is 24.7 Å². The molecule has 174 valence electrons. The summed E-state index contributed by atoms with van der Waals surface area (Å²) in [7, 11) is -3.92. The summed E-state index contributed by atoms with van der Waals surface area (Å²) in [6.45, 7) is 0.187. The van der Waals surface area contributed by atoms with Gasteiger partial charge in [-0.05, 0) is 43.2 Å². The predicted octanol–water partition coefficient (Wildman–Crippen LogP) is 4.95. The monoisotopic (exact) mass is 497 g/mol. The van der Waals surface area contributed by atoms with Crippen molar-refractivity contribution < 1.29 is 26.4 Å². The number of aromatic nitrogens is 1. The molecule has 2 heterocycles. The second-order valence-electron chi connectivity index (χ2n) is 7.72. The lowest BCUT2D eigenvalue weighted by Gasteiger charge is -2.31. The zero-order valence-corrected chi connectivity index (χ0v) is 18.7. The molecule has 2 aromatic carbocycles. The number of piperidine rings is 1. The number of carbonyl (C=O) groups is 1. The molecule has 0 spiro atoms. The van der Waals surface area contributed by atoms with Crippen molar-refractivity contribution >= 4 is 44.1 Å². The van der Waals surface area contributed by atoms with Crippen molar-refractivity contribution in [2.24, 2.45) is 5.92 Å². The van der Waals surface area contributed by atoms with E-state index in [1.807, 2.05) is 0 Å². The van der Waals surface area contributed by atoms with Gasteiger partial charge in [-0.15, -0.1) is 0 Å². The van der Waals surface area contributed by atoms with Gasteiger partial charge in [-0.25, -0.2) is 8.42 Å². The molecule has 0 bridgehead atoms. The molecule has 1 aliphatic heterocycles. The minimum Gasteiger partial charge on any atom is -0.324 e. The number of anilines is 1. The first-order valence-electron chi connectivity index (χ1n) is 10.1. The van der Waals surface area contributed by atoms with Crippen molar-refractivity contribution in [1.29, 1.82) is 0 Å². The number of halogens is 4. The number of amides is 1. The maximum absolute atomic E-state index is 13.3. The highest BCUT2D eigenvalue weighted by Gasteiger charge is 2.35. The maximum atomic E-state index is 13.3. The molecule has 0 unspecified atom stereocenters. The fourth-order valence-electron chi connectivity index (χ4n) is 3.83. The third-order valence-electron chi connectivity index (χ3n) is 5.52. The number of alkyl halides is 3. The lowest BCUT2D eigenvalue weighted by atomic mass is 9.98. The molecule has 1 N–H and O–H groups in total. The van der Waals surface area contributed by atoms with Crippen LogP contribution in [-0.2, 0) is 21.0 Å². The van der Waals surface area contributed by atoms with Crippen molar-refractivity contribution in [1.82, 2.24) is 9.29 Å². The number of para-hydroxylation sites is 1. The van der Waals surface area contributed by atoms with E-state index in [2.05, 4.69) is 10.3 Å². The minimum absolute atomic E-state index is 0.0351. The van der Waals surface area contributed by atoms with Crippen LogP contribution >= 0.6 is 11.6 Å². The van der Waals surface area contributed by atoms with Gasteiger partial charge in [-0.2, -0.15) is 17.5 Å². The zero-order chi connectivity index (χ0) is 23.8. The summed E-state index contributed by atoms with van der Waals surface area (Å²) in [5.74, 6) is -1.19. The van der Waals surface area contributed by atoms with Crippen LogP contribution < -0.4 is 5.32 Å². The average molecular weight is 498 g/mol. The number of nitrogens with one attached hydrogen (secondary N) is 1. The van der Waals surface area contributed by atoms with E-state index in [4.69, 9.17) is 11.6 Å². The highest BCUT2D eigenvalue weighted by molar-refractivity contribution is 7.89. The van der Waals surface area contributed by atoms with Gasteiger partial charge in [0.05, 0.1) is 27.7 Å². The highest BCUT2D eigenvalue weighted by atomic mass is 35.5. The molecule has 4 rings (SSSR count). The van der Waals surface area contributed by atoms with Crippen molar-refractivity contribution in [2.45, 2.75) is 23.9 Å². The smallest absolute Gasteiger partial charge is 0.324 e. The van der Waals surface area contributed by atoms with Gasteiger partial charge in [0.25, 0.3) is 0 Å². The molecule has 0 saturated carbocycles. The number of hydrogen-bond donors (Lipinski definition) is 1. The van der Waals surface area contributed by atoms with Gasteiger partial charge >= 0.3 is 6.18 Å². The first kappa shape index (κ1) is 23.5. The normalized spacial score (nSPS) is 17.8. The molecule has 1 amide bonds. The van der Waals surface area contributed by atoms with Crippen LogP contribution in [-0.4, -0.2) is 36.7 Å². The SMILES string of the molecule is O=C(Nc1ccc(C(F)(F)F)cc1Cl)[C@@H]1CCCN(S(=O)(=O)c2cccc3cccnc23)C1. The molecule has 1 saturated heterocycles. The first-order valence-corrected chi connectivity index (χ1v) is 11.9. The molecule has 3 aromatic rings. The van der Waals surface area contributed by atoms with Gasteiger partial charge < -0.3 is 5.32 Å². The lowest BCUT2D eigenvalue weighted by molar-refractivity contribution is -0.137. The van der Waals surface area contributed by atoms with E-state index in [0.29, 0.717) is 23.7 Å². The van der Waals surface area contributed by atoms with E-state index < -0.39 is 33.6 Å². The molecule has 33 heavy (non-hydrogen) atoms. The number of nitrogens with zero attached hydrogens (tertiary/aromatic N) is 2. The van der Waals surface area contributed by atoms with Crippen LogP contribution in [0.3, 0.4) is 0 Å². The number of rotatable bonds is 4. The van der Waals surface area contributed by atoms with Crippen molar-refractivity contribution in [3.63, 3.8) is 0 Å². The van der Waals surface area contributed by atoms with E-state index in [-0.39, 0.29) is 28.7 Å². The fraction of sp³-hybridized carbons (Fsp3) is 0.273. The van der Waals surface area contributed by atoms with E-state index in [9.17, 15) is 26.4 Å². The van der Waals surface area contributed by atoms with Gasteiger partial charge in [-0.3, -0.25) is 9.78 Å². The van der Waals surface area contributed by atoms with Crippen LogP contribution in [0.2, 0.25) is 5.02 Å². The van der Waals surface area contributed by atoms with Gasteiger partial charge in [0.15, 0.2) is 0 Å². The first-order chi connectivity index (χ1) is 15.6. The molecule has 1 aliphatic rings. The Morgan fingerprint density at radius 3 is 2.64 bits per heavy atom. The van der Waals surface area contributed by atoms with E-state index >= 15 is 0 Å². The average Bonchev–Trinajstić information content (AvgIpc) is 2.79. The van der Waals surface area contributed by atoms with Crippen LogP contribution in [0.4, 0.5) is 18.9 Å². The third-order valence-corrected chi connectivity index (χ3v) is 7.73. The van der Waals surface area contributed by atoms with Crippen molar-refractivity contribution in [3.8, 4) is 0 Å². The Hall–Kier alpha value is -2.69. The van der Waals surface area contributed by atoms with E-state index in [1.54, 1.807) is 24.3 Å². The molecule has 1 aromatic heterocycles. The van der Waals surface area contributed by atoms with E-state index in [1.165, 1.54) is 16.6 Å². The lowest BCUT2D eigenvalue weighted by Crippen LogP contribution is -2.43. The quantitative estimate of drug-likeness (QED) is 0.553. The van der Waals surface area contributed by atoms with E-state index in [0.717, 1.165) is 18.2 Å². The number of fused-ring (bicyclic) bond motifs is 1. The minimum atomic E-state index is -4.55. The third kappa shape index (κ3) is 4.83. The summed E-state index contributed by atoms with van der Waals surface area (Å²) in [4.78, 5) is 17.1. The van der Waals surface area contributed by atoms with Crippen LogP contribution in [0, 0.1) is 5.92 Å². The standard InChI is InChI=1S/C22H19ClF3N3O3S/c23-17-12-16(22(24,25)26)8-9-18(17)28-21(30)15-6-3-11-29(13-15)33(31,32)19-7-1-4-14-5-2-10-27-20(14)19/h1-2,4-5,7-10,12,15H,3,6,11,13H2,(H,28,30)/t15-/m1/s1. The van der Waals surface area contributed by atoms with Gasteiger partial charge in [0.1, 0.15) is 4.90 Å². The Morgan fingerprint density at radius 2 is 1.91 bits per heavy atom. The largest absolute Gasteiger partial charge is 0.416 e.